The Balaban J connectivity index is 5.54. The molecule has 0 rings (SSSR count). The Bertz CT molecular complexity index is 769. The number of amides is 3. The van der Waals surface area contributed by atoms with Gasteiger partial charge >= 0.3 is 11.9 Å². The molecule has 6 atom stereocenters. The maximum Gasteiger partial charge on any atom is 0.328 e. The van der Waals surface area contributed by atoms with E-state index in [0.29, 0.717) is 0 Å². The lowest BCUT2D eigenvalue weighted by Gasteiger charge is -2.27. The minimum Gasteiger partial charge on any atom is -0.481 e. The number of aliphatic carboxylic acids is 2. The highest BCUT2D eigenvalue weighted by molar-refractivity contribution is 5.95. The zero-order valence-electron chi connectivity index (χ0n) is 18.8. The minimum atomic E-state index is -1.71. The average molecular weight is 492 g/mol. The molecule has 0 saturated carbocycles. The van der Waals surface area contributed by atoms with Gasteiger partial charge in [0, 0.05) is 6.54 Å². The van der Waals surface area contributed by atoms with Gasteiger partial charge in [0.25, 0.3) is 0 Å². The first-order chi connectivity index (χ1) is 15.7. The summed E-state index contributed by atoms with van der Waals surface area (Å²) in [6.45, 7) is 2.35. The molecule has 3 amide bonds. The number of carboxylic acid groups (broad SMARTS) is 2. The van der Waals surface area contributed by atoms with E-state index in [9.17, 15) is 34.2 Å². The third kappa shape index (κ3) is 11.4. The van der Waals surface area contributed by atoms with Crippen LogP contribution in [0.25, 0.3) is 0 Å². The van der Waals surface area contributed by atoms with Crippen LogP contribution in [0.1, 0.15) is 33.1 Å². The predicted molar refractivity (Wildman–Crippen MR) is 117 cm³/mol. The molecule has 0 heterocycles. The van der Waals surface area contributed by atoms with Crippen molar-refractivity contribution >= 4 is 35.6 Å². The Morgan fingerprint density at radius 1 is 0.853 bits per heavy atom. The van der Waals surface area contributed by atoms with Crippen LogP contribution in [-0.2, 0) is 24.0 Å². The van der Waals surface area contributed by atoms with Crippen molar-refractivity contribution in [3.63, 3.8) is 0 Å². The number of nitrogens with zero attached hydrogens (tertiary/aromatic N) is 1. The Labute approximate surface area is 194 Å². The van der Waals surface area contributed by atoms with Gasteiger partial charge in [0.15, 0.2) is 12.0 Å². The SMILES string of the molecule is CC(O)C(NC(=O)C(NC(=O)C(CCCN=C(N)N)NC(=O)C(N)CC(=O)O)C(C)O)C(=O)O. The van der Waals surface area contributed by atoms with Crippen molar-refractivity contribution in [1.82, 2.24) is 16.0 Å². The lowest BCUT2D eigenvalue weighted by Crippen LogP contribution is -2.61. The van der Waals surface area contributed by atoms with Crippen molar-refractivity contribution < 1.29 is 44.4 Å². The Morgan fingerprint density at radius 3 is 1.82 bits per heavy atom. The Hall–Kier alpha value is -3.50. The molecular weight excluding hydrogens is 458 g/mol. The standard InChI is InChI=1S/C18H33N7O9/c1-7(26)12(16(32)25-13(8(2)27)17(33)34)24-15(31)10(4-3-5-22-18(20)21)23-14(30)9(19)6-11(28)29/h7-10,12-13,26-27H,3-6,19H2,1-2H3,(H,23,30)(H,24,31)(H,25,32)(H,28,29)(H,33,34)(H4,20,21,22). The van der Waals surface area contributed by atoms with Crippen LogP contribution in [0.4, 0.5) is 0 Å². The largest absolute Gasteiger partial charge is 0.481 e. The molecule has 0 bridgehead atoms. The number of nitrogens with one attached hydrogen (secondary N) is 3. The van der Waals surface area contributed by atoms with E-state index in [1.807, 2.05) is 5.32 Å². The summed E-state index contributed by atoms with van der Waals surface area (Å²) < 4.78 is 0. The molecule has 0 fully saturated rings. The Kier molecular flexibility index (Phi) is 13.1. The summed E-state index contributed by atoms with van der Waals surface area (Å²) in [7, 11) is 0. The fourth-order valence-electron chi connectivity index (χ4n) is 2.62. The van der Waals surface area contributed by atoms with E-state index >= 15 is 0 Å². The zero-order valence-corrected chi connectivity index (χ0v) is 18.8. The zero-order chi connectivity index (χ0) is 26.6. The first-order valence-corrected chi connectivity index (χ1v) is 10.2. The second-order valence-corrected chi connectivity index (χ2v) is 7.51. The van der Waals surface area contributed by atoms with E-state index in [-0.39, 0.29) is 25.3 Å². The third-order valence-corrected chi connectivity index (χ3v) is 4.42. The second-order valence-electron chi connectivity index (χ2n) is 7.51. The first kappa shape index (κ1) is 30.5. The summed E-state index contributed by atoms with van der Waals surface area (Å²) in [5.41, 5.74) is 16.0. The fourth-order valence-corrected chi connectivity index (χ4v) is 2.62. The highest BCUT2D eigenvalue weighted by Gasteiger charge is 2.34. The summed E-state index contributed by atoms with van der Waals surface area (Å²) in [5, 5.41) is 43.8. The van der Waals surface area contributed by atoms with Crippen molar-refractivity contribution in [2.24, 2.45) is 22.2 Å². The molecule has 0 spiro atoms. The van der Waals surface area contributed by atoms with Crippen LogP contribution in [0, 0.1) is 0 Å². The van der Waals surface area contributed by atoms with Crippen molar-refractivity contribution in [3.05, 3.63) is 0 Å². The van der Waals surface area contributed by atoms with Gasteiger partial charge in [-0.05, 0) is 26.7 Å². The summed E-state index contributed by atoms with van der Waals surface area (Å²) in [6, 6.07) is -6.17. The number of hydrogen-bond acceptors (Lipinski definition) is 9. The number of aliphatic hydroxyl groups excluding tert-OH is 2. The highest BCUT2D eigenvalue weighted by atomic mass is 16.4. The van der Waals surface area contributed by atoms with Gasteiger partial charge in [-0.2, -0.15) is 0 Å². The monoisotopic (exact) mass is 491 g/mol. The number of carbonyl (C=O) groups excluding carboxylic acids is 3. The van der Waals surface area contributed by atoms with E-state index in [2.05, 4.69) is 15.6 Å². The normalized spacial score (nSPS) is 16.0. The number of carbonyl (C=O) groups is 5. The summed E-state index contributed by atoms with van der Waals surface area (Å²) in [5.74, 6) is -6.10. The number of aliphatic hydroxyl groups is 2. The number of rotatable bonds is 15. The number of carboxylic acids is 2. The molecule has 16 nitrogen and oxygen atoms in total. The molecule has 13 N–H and O–H groups in total. The van der Waals surface area contributed by atoms with E-state index in [1.165, 1.54) is 0 Å². The van der Waals surface area contributed by atoms with Gasteiger partial charge in [-0.25, -0.2) is 4.79 Å². The molecule has 34 heavy (non-hydrogen) atoms. The maximum atomic E-state index is 12.8. The molecule has 16 heteroatoms. The van der Waals surface area contributed by atoms with Crippen LogP contribution in [0.3, 0.4) is 0 Å². The molecule has 0 radical (unpaired) electrons. The van der Waals surface area contributed by atoms with E-state index in [1.54, 1.807) is 0 Å². The van der Waals surface area contributed by atoms with E-state index in [4.69, 9.17) is 27.4 Å². The van der Waals surface area contributed by atoms with Crippen molar-refractivity contribution in [2.45, 2.75) is 69.5 Å². The Morgan fingerprint density at radius 2 is 1.38 bits per heavy atom. The highest BCUT2D eigenvalue weighted by Crippen LogP contribution is 2.04. The van der Waals surface area contributed by atoms with Gasteiger partial charge in [0.05, 0.1) is 24.7 Å². The second kappa shape index (κ2) is 14.6. The molecule has 0 aliphatic rings. The van der Waals surface area contributed by atoms with Gasteiger partial charge in [0.2, 0.25) is 17.7 Å². The molecule has 0 aromatic carbocycles. The van der Waals surface area contributed by atoms with Crippen LogP contribution in [0.5, 0.6) is 0 Å². The fraction of sp³-hybridized carbons (Fsp3) is 0.667. The molecular formula is C18H33N7O9. The molecule has 6 unspecified atom stereocenters. The molecule has 0 saturated heterocycles. The smallest absolute Gasteiger partial charge is 0.328 e. The lowest BCUT2D eigenvalue weighted by atomic mass is 10.1. The van der Waals surface area contributed by atoms with Gasteiger partial charge < -0.3 is 53.6 Å². The summed E-state index contributed by atoms with van der Waals surface area (Å²) in [4.78, 5) is 63.2. The van der Waals surface area contributed by atoms with E-state index < -0.39 is 72.5 Å². The number of nitrogens with two attached hydrogens (primary N) is 3. The van der Waals surface area contributed by atoms with Crippen LogP contribution in [-0.4, -0.2) is 99.0 Å². The van der Waals surface area contributed by atoms with Gasteiger partial charge in [-0.3, -0.25) is 24.2 Å². The summed E-state index contributed by atoms with van der Waals surface area (Å²) in [6.07, 6.45) is -3.57. The predicted octanol–water partition coefficient (Wildman–Crippen LogP) is -4.86. The van der Waals surface area contributed by atoms with Crippen LogP contribution < -0.4 is 33.2 Å². The van der Waals surface area contributed by atoms with Gasteiger partial charge in [-0.1, -0.05) is 0 Å². The number of guanidine groups is 1. The minimum absolute atomic E-state index is 0.0618. The maximum absolute atomic E-state index is 12.8. The number of aliphatic imine (C=N–C) groups is 1. The molecule has 194 valence electrons. The van der Waals surface area contributed by atoms with Gasteiger partial charge in [0.1, 0.15) is 12.1 Å². The molecule has 0 aromatic heterocycles. The van der Waals surface area contributed by atoms with Crippen molar-refractivity contribution in [2.75, 3.05) is 6.54 Å². The van der Waals surface area contributed by atoms with Crippen LogP contribution in [0.2, 0.25) is 0 Å². The first-order valence-electron chi connectivity index (χ1n) is 10.2. The van der Waals surface area contributed by atoms with E-state index in [0.717, 1.165) is 13.8 Å². The molecule has 0 aliphatic heterocycles. The summed E-state index contributed by atoms with van der Waals surface area (Å²) >= 11 is 0. The average Bonchev–Trinajstić information content (AvgIpc) is 2.70. The lowest BCUT2D eigenvalue weighted by molar-refractivity contribution is -0.146. The molecule has 0 aromatic rings. The van der Waals surface area contributed by atoms with Gasteiger partial charge in [-0.15, -0.1) is 0 Å². The molecule has 0 aliphatic carbocycles. The van der Waals surface area contributed by atoms with Crippen molar-refractivity contribution in [1.29, 1.82) is 0 Å². The van der Waals surface area contributed by atoms with Crippen LogP contribution in [0.15, 0.2) is 4.99 Å². The quantitative estimate of drug-likeness (QED) is 0.0586. The number of hydrogen-bond donors (Lipinski definition) is 10. The third-order valence-electron chi connectivity index (χ3n) is 4.42. The van der Waals surface area contributed by atoms with Crippen molar-refractivity contribution in [3.8, 4) is 0 Å². The topological polar surface area (TPSA) is 293 Å². The van der Waals surface area contributed by atoms with Crippen LogP contribution >= 0.6 is 0 Å².